The molecule has 0 spiro atoms. The quantitative estimate of drug-likeness (QED) is 0.568. The molecule has 0 aromatic heterocycles. The number of hydrogen-bond donors (Lipinski definition) is 0. The van der Waals surface area contributed by atoms with Gasteiger partial charge in [-0.25, -0.2) is 9.10 Å². The van der Waals surface area contributed by atoms with Crippen molar-refractivity contribution in [2.45, 2.75) is 39.2 Å². The zero-order chi connectivity index (χ0) is 13.0. The predicted molar refractivity (Wildman–Crippen MR) is 77.1 cm³/mol. The third-order valence-corrected chi connectivity index (χ3v) is 5.81. The van der Waals surface area contributed by atoms with Crippen LogP contribution in [-0.4, -0.2) is 58.7 Å². The second-order valence-corrected chi connectivity index (χ2v) is 6.53. The average Bonchev–Trinajstić information content (AvgIpc) is 2.35. The lowest BCUT2D eigenvalue weighted by atomic mass is 10.0. The van der Waals surface area contributed by atoms with Crippen molar-refractivity contribution in [1.29, 1.82) is 0 Å². The Morgan fingerprint density at radius 3 is 2.83 bits per heavy atom. The largest absolute Gasteiger partial charge is 0.456 e. The van der Waals surface area contributed by atoms with Crippen LogP contribution in [0.15, 0.2) is 0 Å². The van der Waals surface area contributed by atoms with E-state index in [1.807, 2.05) is 0 Å². The van der Waals surface area contributed by atoms with E-state index in [0.29, 0.717) is 12.6 Å². The van der Waals surface area contributed by atoms with E-state index in [1.165, 1.54) is 12.8 Å². The summed E-state index contributed by atoms with van der Waals surface area (Å²) in [7, 11) is -0.367. The lowest BCUT2D eigenvalue weighted by Gasteiger charge is -2.44. The summed E-state index contributed by atoms with van der Waals surface area (Å²) in [5.41, 5.74) is 0. The molecule has 2 rings (SSSR count). The lowest BCUT2D eigenvalue weighted by Crippen LogP contribution is -2.47. The zero-order valence-electron chi connectivity index (χ0n) is 11.4. The van der Waals surface area contributed by atoms with Gasteiger partial charge in [-0.1, -0.05) is 13.8 Å². The van der Waals surface area contributed by atoms with Gasteiger partial charge in [0, 0.05) is 19.1 Å². The van der Waals surface area contributed by atoms with Crippen LogP contribution < -0.4 is 0 Å². The van der Waals surface area contributed by atoms with Crippen LogP contribution in [0.1, 0.15) is 33.1 Å². The fraction of sp³-hybridized carbons (Fsp3) is 0.846. The molecule has 0 saturated carbocycles. The topological polar surface area (TPSA) is 32.8 Å². The minimum Gasteiger partial charge on any atom is -0.456 e. The van der Waals surface area contributed by atoms with Crippen LogP contribution in [-0.2, 0) is 4.74 Å². The maximum absolute atomic E-state index is 12.0. The first-order valence-corrected chi connectivity index (χ1v) is 8.23. The van der Waals surface area contributed by atoms with E-state index in [9.17, 15) is 4.79 Å². The molecule has 0 aromatic carbocycles. The Hall–Kier alpha value is -0.390. The van der Waals surface area contributed by atoms with Crippen LogP contribution in [0.2, 0.25) is 0 Å². The molecule has 2 aliphatic heterocycles. The monoisotopic (exact) mass is 272 g/mol. The first kappa shape index (κ1) is 14.0. The van der Waals surface area contributed by atoms with E-state index in [0.717, 1.165) is 32.6 Å². The third kappa shape index (κ3) is 3.13. The van der Waals surface area contributed by atoms with Crippen molar-refractivity contribution in [1.82, 2.24) is 9.21 Å². The highest BCUT2D eigenvalue weighted by Gasteiger charge is 2.35. The van der Waals surface area contributed by atoms with Gasteiger partial charge in [0.2, 0.25) is 0 Å². The molecule has 0 aromatic rings. The maximum atomic E-state index is 12.0. The number of carbonyl (C=O) groups is 1. The molecule has 0 bridgehead atoms. The van der Waals surface area contributed by atoms with Crippen LogP contribution in [0.25, 0.3) is 0 Å². The summed E-state index contributed by atoms with van der Waals surface area (Å²) >= 11 is 0. The number of ether oxygens (including phenoxy) is 1. The summed E-state index contributed by atoms with van der Waals surface area (Å²) in [6, 6.07) is 0.647. The number of nitrogens with zero attached hydrogens (tertiary/aromatic N) is 2. The zero-order valence-corrected chi connectivity index (χ0v) is 12.2. The molecule has 2 heterocycles. The van der Waals surface area contributed by atoms with Crippen molar-refractivity contribution < 1.29 is 9.53 Å². The Labute approximate surface area is 112 Å². The minimum atomic E-state index is -0.367. The van der Waals surface area contributed by atoms with Crippen LogP contribution in [0, 0.1) is 0 Å². The van der Waals surface area contributed by atoms with Crippen LogP contribution in [0.4, 0.5) is 4.79 Å². The van der Waals surface area contributed by atoms with Crippen LogP contribution in [0.3, 0.4) is 0 Å². The standard InChI is InChI=1S/C13H24N2O2S/c1-3-14(4-2)9-10-17-13(16)18-11-5-6-12-7-8-15(12)18/h11-12H,3-10H2,1-2H3. The number of fused-ring (bicyclic) bond motifs is 1. The summed E-state index contributed by atoms with van der Waals surface area (Å²) in [4.78, 5) is 14.3. The summed E-state index contributed by atoms with van der Waals surface area (Å²) < 4.78 is 7.74. The molecule has 0 N–H and O–H groups in total. The number of hydrogen-bond acceptors (Lipinski definition) is 4. The molecular weight excluding hydrogens is 248 g/mol. The molecule has 2 aliphatic rings. The number of rotatable bonds is 5. The maximum Gasteiger partial charge on any atom is 0.375 e. The first-order chi connectivity index (χ1) is 8.76. The van der Waals surface area contributed by atoms with Gasteiger partial charge in [0.05, 0.1) is 0 Å². The summed E-state index contributed by atoms with van der Waals surface area (Å²) in [5, 5.41) is 2.13. The van der Waals surface area contributed by atoms with Crippen molar-refractivity contribution in [2.75, 3.05) is 32.8 Å². The molecule has 104 valence electrons. The van der Waals surface area contributed by atoms with Crippen LogP contribution in [0.5, 0.6) is 0 Å². The van der Waals surface area contributed by atoms with Gasteiger partial charge in [0.1, 0.15) is 6.61 Å². The van der Waals surface area contributed by atoms with Crippen molar-refractivity contribution in [3.05, 3.63) is 0 Å². The van der Waals surface area contributed by atoms with Gasteiger partial charge in [-0.05, 0) is 48.4 Å². The number of likely N-dealkylation sites (N-methyl/N-ethyl adjacent to an activating group) is 1. The van der Waals surface area contributed by atoms with Gasteiger partial charge < -0.3 is 9.64 Å². The second-order valence-electron chi connectivity index (χ2n) is 4.77. The number of carbonyl (C=O) groups excluding carboxylic acids is 1. The van der Waals surface area contributed by atoms with Crippen molar-refractivity contribution in [2.24, 2.45) is 0 Å². The molecule has 0 amide bonds. The van der Waals surface area contributed by atoms with E-state index in [4.69, 9.17) is 4.74 Å². The Balaban J connectivity index is 1.76. The SMILES string of the molecule is CCN(CC)CCOC(=O)S1=CCCC2CCN21. The van der Waals surface area contributed by atoms with E-state index in [2.05, 4.69) is 28.4 Å². The smallest absolute Gasteiger partial charge is 0.375 e. The van der Waals surface area contributed by atoms with Crippen molar-refractivity contribution >= 4 is 21.3 Å². The minimum absolute atomic E-state index is 0.0217. The molecule has 5 heteroatoms. The molecule has 2 unspecified atom stereocenters. The van der Waals surface area contributed by atoms with Crippen molar-refractivity contribution in [3.63, 3.8) is 0 Å². The van der Waals surface area contributed by atoms with E-state index in [-0.39, 0.29) is 16.0 Å². The van der Waals surface area contributed by atoms with Crippen molar-refractivity contribution in [3.8, 4) is 0 Å². The van der Waals surface area contributed by atoms with Gasteiger partial charge in [0.25, 0.3) is 0 Å². The van der Waals surface area contributed by atoms with Gasteiger partial charge in [-0.3, -0.25) is 0 Å². The van der Waals surface area contributed by atoms with Gasteiger partial charge in [-0.15, -0.1) is 0 Å². The normalized spacial score (nSPS) is 27.3. The Kier molecular flexibility index (Phi) is 5.21. The summed E-state index contributed by atoms with van der Waals surface area (Å²) in [5.74, 6) is 0. The molecule has 2 atom stereocenters. The van der Waals surface area contributed by atoms with E-state index < -0.39 is 0 Å². The molecule has 18 heavy (non-hydrogen) atoms. The fourth-order valence-electron chi connectivity index (χ4n) is 2.45. The first-order valence-electron chi connectivity index (χ1n) is 6.98. The highest BCUT2D eigenvalue weighted by atomic mass is 32.2. The van der Waals surface area contributed by atoms with E-state index >= 15 is 0 Å². The molecule has 0 aliphatic carbocycles. The summed E-state index contributed by atoms with van der Waals surface area (Å²) in [6.07, 6.45) is 3.54. The molecule has 4 nitrogen and oxygen atoms in total. The molecular formula is C13H24N2O2S. The third-order valence-electron chi connectivity index (χ3n) is 3.81. The average molecular weight is 272 g/mol. The van der Waals surface area contributed by atoms with Gasteiger partial charge in [-0.2, -0.15) is 0 Å². The Morgan fingerprint density at radius 1 is 1.44 bits per heavy atom. The molecule has 1 fully saturated rings. The highest BCUT2D eigenvalue weighted by Crippen LogP contribution is 2.38. The Bertz CT molecular complexity index is 329. The fourth-order valence-corrected chi connectivity index (χ4v) is 4.37. The van der Waals surface area contributed by atoms with Crippen LogP contribution >= 0.6 is 10.7 Å². The van der Waals surface area contributed by atoms with E-state index in [1.54, 1.807) is 0 Å². The second kappa shape index (κ2) is 6.68. The lowest BCUT2D eigenvalue weighted by molar-refractivity contribution is 0.149. The predicted octanol–water partition coefficient (Wildman–Crippen LogP) is 2.32. The summed E-state index contributed by atoms with van der Waals surface area (Å²) in [6.45, 7) is 8.73. The highest BCUT2D eigenvalue weighted by molar-refractivity contribution is 8.25. The molecule has 1 saturated heterocycles. The van der Waals surface area contributed by atoms with Gasteiger partial charge >= 0.3 is 5.30 Å². The molecule has 0 radical (unpaired) electrons. The van der Waals surface area contributed by atoms with Gasteiger partial charge in [0.15, 0.2) is 0 Å². The Morgan fingerprint density at radius 2 is 2.22 bits per heavy atom.